The second kappa shape index (κ2) is 4.64. The van der Waals surface area contributed by atoms with Gasteiger partial charge in [0.05, 0.1) is 12.0 Å². The quantitative estimate of drug-likeness (QED) is 0.493. The van der Waals surface area contributed by atoms with Crippen LogP contribution in [0.2, 0.25) is 0 Å². The molecule has 0 aliphatic heterocycles. The number of fused-ring (bicyclic) bond motifs is 1. The molecular weight excluding hydrogens is 238 g/mol. The lowest BCUT2D eigenvalue weighted by molar-refractivity contribution is -0.386. The molecule has 0 saturated heterocycles. The molecule has 0 aromatic heterocycles. The summed E-state index contributed by atoms with van der Waals surface area (Å²) in [6, 6.07) is 1.36. The number of nitro groups is 1. The normalized spacial score (nSPS) is 13.8. The van der Waals surface area contributed by atoms with E-state index in [1.807, 2.05) is 0 Å². The van der Waals surface area contributed by atoms with Crippen molar-refractivity contribution < 1.29 is 19.6 Å². The van der Waals surface area contributed by atoms with Crippen molar-refractivity contribution in [1.82, 2.24) is 0 Å². The molecule has 18 heavy (non-hydrogen) atoms. The predicted octanol–water partition coefficient (Wildman–Crippen LogP) is 1.97. The van der Waals surface area contributed by atoms with Crippen LogP contribution in [0.4, 0.5) is 5.69 Å². The molecular formula is C12H13NO5. The van der Waals surface area contributed by atoms with Gasteiger partial charge in [-0.2, -0.15) is 0 Å². The van der Waals surface area contributed by atoms with Gasteiger partial charge in [-0.1, -0.05) is 0 Å². The second-order valence-electron chi connectivity index (χ2n) is 4.21. The van der Waals surface area contributed by atoms with Gasteiger partial charge in [-0.05, 0) is 36.8 Å². The first-order valence-electron chi connectivity index (χ1n) is 5.66. The Morgan fingerprint density at radius 1 is 1.44 bits per heavy atom. The van der Waals surface area contributed by atoms with Crippen molar-refractivity contribution in [2.75, 3.05) is 7.11 Å². The third-order valence-electron chi connectivity index (χ3n) is 3.19. The van der Waals surface area contributed by atoms with Gasteiger partial charge in [-0.3, -0.25) is 10.1 Å². The van der Waals surface area contributed by atoms with E-state index in [1.165, 1.54) is 13.2 Å². The van der Waals surface area contributed by atoms with E-state index in [4.69, 9.17) is 0 Å². The predicted molar refractivity (Wildman–Crippen MR) is 62.7 cm³/mol. The molecule has 1 aliphatic rings. The molecule has 1 N–H and O–H groups in total. The van der Waals surface area contributed by atoms with E-state index in [2.05, 4.69) is 4.74 Å². The molecule has 1 aliphatic carbocycles. The van der Waals surface area contributed by atoms with Crippen molar-refractivity contribution in [1.29, 1.82) is 0 Å². The van der Waals surface area contributed by atoms with Crippen molar-refractivity contribution in [2.45, 2.75) is 25.7 Å². The van der Waals surface area contributed by atoms with Gasteiger partial charge in [0.25, 0.3) is 0 Å². The molecule has 0 saturated carbocycles. The van der Waals surface area contributed by atoms with Crippen molar-refractivity contribution in [2.24, 2.45) is 0 Å². The topological polar surface area (TPSA) is 89.7 Å². The van der Waals surface area contributed by atoms with Gasteiger partial charge in [-0.25, -0.2) is 4.79 Å². The number of ether oxygens (including phenoxy) is 1. The highest BCUT2D eigenvalue weighted by Crippen LogP contribution is 2.38. The summed E-state index contributed by atoms with van der Waals surface area (Å²) < 4.78 is 4.60. The Bertz CT molecular complexity index is 524. The number of aromatic hydroxyl groups is 1. The van der Waals surface area contributed by atoms with E-state index in [1.54, 1.807) is 0 Å². The molecule has 0 spiro atoms. The van der Waals surface area contributed by atoms with E-state index in [0.717, 1.165) is 18.4 Å². The molecule has 0 heterocycles. The Labute approximate surface area is 103 Å². The zero-order valence-electron chi connectivity index (χ0n) is 9.93. The zero-order chi connectivity index (χ0) is 13.3. The Balaban J connectivity index is 2.70. The van der Waals surface area contributed by atoms with Gasteiger partial charge < -0.3 is 9.84 Å². The van der Waals surface area contributed by atoms with Gasteiger partial charge in [0.1, 0.15) is 5.56 Å². The number of esters is 1. The first kappa shape index (κ1) is 12.3. The number of carbonyl (C=O) groups excluding carboxylic acids is 1. The smallest absolute Gasteiger partial charge is 0.342 e. The Hall–Kier alpha value is -2.11. The molecule has 0 radical (unpaired) electrons. The number of nitro benzene ring substituents is 1. The van der Waals surface area contributed by atoms with Crippen molar-refractivity contribution >= 4 is 11.7 Å². The summed E-state index contributed by atoms with van der Waals surface area (Å²) >= 11 is 0. The summed E-state index contributed by atoms with van der Waals surface area (Å²) in [6.07, 6.45) is 3.13. The van der Waals surface area contributed by atoms with Crippen LogP contribution in [-0.4, -0.2) is 23.1 Å². The number of benzene rings is 1. The molecule has 6 nitrogen and oxygen atoms in total. The fourth-order valence-electron chi connectivity index (χ4n) is 2.34. The summed E-state index contributed by atoms with van der Waals surface area (Å²) in [4.78, 5) is 21.9. The molecule has 6 heteroatoms. The molecule has 1 aromatic rings. The molecule has 96 valence electrons. The van der Waals surface area contributed by atoms with Gasteiger partial charge in [0, 0.05) is 6.07 Å². The lowest BCUT2D eigenvalue weighted by atomic mass is 9.87. The lowest BCUT2D eigenvalue weighted by Gasteiger charge is -2.19. The van der Waals surface area contributed by atoms with Crippen molar-refractivity contribution in [3.63, 3.8) is 0 Å². The lowest BCUT2D eigenvalue weighted by Crippen LogP contribution is -2.13. The van der Waals surface area contributed by atoms with Gasteiger partial charge in [0.15, 0.2) is 0 Å². The minimum Gasteiger partial charge on any atom is -0.501 e. The number of nitrogens with zero attached hydrogens (tertiary/aromatic N) is 1. The zero-order valence-corrected chi connectivity index (χ0v) is 9.93. The molecule has 1 aromatic carbocycles. The van der Waals surface area contributed by atoms with Crippen LogP contribution in [-0.2, 0) is 17.6 Å². The minimum absolute atomic E-state index is 0.0543. The number of carbonyl (C=O) groups is 1. The first-order chi connectivity index (χ1) is 8.56. The second-order valence-corrected chi connectivity index (χ2v) is 4.21. The average molecular weight is 251 g/mol. The monoisotopic (exact) mass is 251 g/mol. The van der Waals surface area contributed by atoms with E-state index in [-0.39, 0.29) is 5.56 Å². The van der Waals surface area contributed by atoms with Crippen LogP contribution in [0, 0.1) is 10.1 Å². The van der Waals surface area contributed by atoms with E-state index in [9.17, 15) is 20.0 Å². The van der Waals surface area contributed by atoms with Crippen LogP contribution in [0.15, 0.2) is 6.07 Å². The molecule has 0 amide bonds. The van der Waals surface area contributed by atoms with Gasteiger partial charge in [-0.15, -0.1) is 0 Å². The molecule has 0 atom stereocenters. The highest BCUT2D eigenvalue weighted by atomic mass is 16.6. The third kappa shape index (κ3) is 1.90. The summed E-state index contributed by atoms with van der Waals surface area (Å²) in [5, 5.41) is 20.7. The van der Waals surface area contributed by atoms with E-state index >= 15 is 0 Å². The van der Waals surface area contributed by atoms with Crippen LogP contribution in [0.1, 0.15) is 34.3 Å². The Kier molecular flexibility index (Phi) is 3.18. The molecule has 0 unspecified atom stereocenters. The number of phenolic OH excluding ortho intramolecular Hbond substituents is 1. The summed E-state index contributed by atoms with van der Waals surface area (Å²) in [7, 11) is 1.19. The highest BCUT2D eigenvalue weighted by molar-refractivity contribution is 5.96. The summed E-state index contributed by atoms with van der Waals surface area (Å²) in [5.41, 5.74) is 0.944. The highest BCUT2D eigenvalue weighted by Gasteiger charge is 2.29. The third-order valence-corrected chi connectivity index (χ3v) is 3.19. The number of methoxy groups -OCH3 is 1. The van der Waals surface area contributed by atoms with Gasteiger partial charge in [0.2, 0.25) is 5.75 Å². The standard InChI is InChI=1S/C12H13NO5/c1-18-12(15)10-8-5-3-2-4-7(8)6-9(11(10)14)13(16)17/h6,14H,2-5H2,1H3. The maximum absolute atomic E-state index is 11.7. The Morgan fingerprint density at radius 3 is 2.72 bits per heavy atom. The largest absolute Gasteiger partial charge is 0.501 e. The number of rotatable bonds is 2. The van der Waals surface area contributed by atoms with E-state index in [0.29, 0.717) is 18.4 Å². The van der Waals surface area contributed by atoms with Gasteiger partial charge >= 0.3 is 11.7 Å². The summed E-state index contributed by atoms with van der Waals surface area (Å²) in [6.45, 7) is 0. The number of hydrogen-bond donors (Lipinski definition) is 1. The van der Waals surface area contributed by atoms with Crippen LogP contribution in [0.3, 0.4) is 0 Å². The number of aryl methyl sites for hydroxylation is 1. The maximum atomic E-state index is 11.7. The van der Waals surface area contributed by atoms with Crippen LogP contribution in [0.5, 0.6) is 5.75 Å². The molecule has 0 fully saturated rings. The number of hydrogen-bond acceptors (Lipinski definition) is 5. The number of phenols is 1. The first-order valence-corrected chi connectivity index (χ1v) is 5.66. The molecule has 2 rings (SSSR count). The van der Waals surface area contributed by atoms with Crippen LogP contribution in [0.25, 0.3) is 0 Å². The van der Waals surface area contributed by atoms with E-state index < -0.39 is 22.3 Å². The average Bonchev–Trinajstić information content (AvgIpc) is 2.37. The SMILES string of the molecule is COC(=O)c1c(O)c([N+](=O)[O-])cc2c1CCCC2. The van der Waals surface area contributed by atoms with Crippen LogP contribution >= 0.6 is 0 Å². The maximum Gasteiger partial charge on any atom is 0.342 e. The fourth-order valence-corrected chi connectivity index (χ4v) is 2.34. The van der Waals surface area contributed by atoms with Crippen molar-refractivity contribution in [3.05, 3.63) is 32.9 Å². The van der Waals surface area contributed by atoms with Crippen molar-refractivity contribution in [3.8, 4) is 5.75 Å². The Morgan fingerprint density at radius 2 is 2.11 bits per heavy atom. The minimum atomic E-state index is -0.727. The summed E-state index contributed by atoms with van der Waals surface area (Å²) in [5.74, 6) is -1.32. The fraction of sp³-hybridized carbons (Fsp3) is 0.417. The molecule has 0 bridgehead atoms. The van der Waals surface area contributed by atoms with Crippen LogP contribution < -0.4 is 0 Å².